The molecule has 1 atom stereocenters. The van der Waals surface area contributed by atoms with Gasteiger partial charge in [0.2, 0.25) is 0 Å². The minimum atomic E-state index is 0.264. The fraction of sp³-hybridized carbons (Fsp3) is 0.389. The first-order valence-electron chi connectivity index (χ1n) is 7.51. The number of pyridine rings is 1. The molecule has 2 rings (SSSR count). The van der Waals surface area contributed by atoms with Gasteiger partial charge in [0.1, 0.15) is 0 Å². The van der Waals surface area contributed by atoms with Gasteiger partial charge in [0, 0.05) is 10.7 Å². The Balaban J connectivity index is 2.19. The van der Waals surface area contributed by atoms with Gasteiger partial charge in [0.15, 0.2) is 0 Å². The standard InChI is InChI=1S/C18H23BrN2/c1-4-9-20-18(17-8-7-16(19)12-21-17)11-15-6-5-13(2)14(3)10-15/h5-8,10,12,18,20H,4,9,11H2,1-3H3. The van der Waals surface area contributed by atoms with Crippen LogP contribution in [0.2, 0.25) is 0 Å². The fourth-order valence-electron chi connectivity index (χ4n) is 2.36. The van der Waals surface area contributed by atoms with Crippen molar-refractivity contribution in [1.29, 1.82) is 0 Å². The maximum absolute atomic E-state index is 4.56. The maximum Gasteiger partial charge on any atom is 0.0577 e. The second-order valence-electron chi connectivity index (χ2n) is 5.53. The zero-order valence-corrected chi connectivity index (χ0v) is 14.6. The van der Waals surface area contributed by atoms with Crippen LogP contribution in [0, 0.1) is 13.8 Å². The molecule has 0 fully saturated rings. The lowest BCUT2D eigenvalue weighted by atomic mass is 9.99. The van der Waals surface area contributed by atoms with Gasteiger partial charge in [0.25, 0.3) is 0 Å². The highest BCUT2D eigenvalue weighted by molar-refractivity contribution is 9.10. The summed E-state index contributed by atoms with van der Waals surface area (Å²) in [6, 6.07) is 11.1. The van der Waals surface area contributed by atoms with Crippen LogP contribution in [0.3, 0.4) is 0 Å². The van der Waals surface area contributed by atoms with E-state index in [4.69, 9.17) is 0 Å². The van der Waals surface area contributed by atoms with Gasteiger partial charge in [0.05, 0.1) is 11.7 Å². The van der Waals surface area contributed by atoms with Crippen LogP contribution in [0.25, 0.3) is 0 Å². The Hall–Kier alpha value is -1.19. The summed E-state index contributed by atoms with van der Waals surface area (Å²) in [6.07, 6.45) is 3.96. The number of rotatable bonds is 6. The Kier molecular flexibility index (Phi) is 5.95. The quantitative estimate of drug-likeness (QED) is 0.816. The minimum absolute atomic E-state index is 0.264. The molecule has 0 spiro atoms. The van der Waals surface area contributed by atoms with Crippen LogP contribution in [0.15, 0.2) is 41.0 Å². The predicted molar refractivity (Wildman–Crippen MR) is 92.6 cm³/mol. The number of hydrogen-bond acceptors (Lipinski definition) is 2. The Morgan fingerprint density at radius 1 is 1.14 bits per heavy atom. The normalized spacial score (nSPS) is 12.4. The lowest BCUT2D eigenvalue weighted by molar-refractivity contribution is 0.517. The van der Waals surface area contributed by atoms with E-state index in [0.29, 0.717) is 0 Å². The summed E-state index contributed by atoms with van der Waals surface area (Å²) in [5.74, 6) is 0. The average molecular weight is 347 g/mol. The molecule has 112 valence electrons. The molecule has 0 radical (unpaired) electrons. The largest absolute Gasteiger partial charge is 0.308 e. The van der Waals surface area contributed by atoms with Gasteiger partial charge < -0.3 is 5.32 Å². The Labute approximate surface area is 136 Å². The molecule has 1 aromatic heterocycles. The van der Waals surface area contributed by atoms with Crippen LogP contribution >= 0.6 is 15.9 Å². The summed E-state index contributed by atoms with van der Waals surface area (Å²) in [4.78, 5) is 4.56. The van der Waals surface area contributed by atoms with E-state index in [9.17, 15) is 0 Å². The number of benzene rings is 1. The number of aromatic nitrogens is 1. The second-order valence-corrected chi connectivity index (χ2v) is 6.45. The predicted octanol–water partition coefficient (Wildman–Crippen LogP) is 4.74. The number of aryl methyl sites for hydroxylation is 2. The SMILES string of the molecule is CCCNC(Cc1ccc(C)c(C)c1)c1ccc(Br)cn1. The molecule has 0 aliphatic heterocycles. The average Bonchev–Trinajstić information content (AvgIpc) is 2.48. The molecular formula is C18H23BrN2. The van der Waals surface area contributed by atoms with Crippen molar-refractivity contribution >= 4 is 15.9 Å². The number of nitrogens with one attached hydrogen (secondary N) is 1. The Bertz CT molecular complexity index is 578. The summed E-state index contributed by atoms with van der Waals surface area (Å²) < 4.78 is 1.02. The lowest BCUT2D eigenvalue weighted by Gasteiger charge is -2.19. The van der Waals surface area contributed by atoms with E-state index in [0.717, 1.165) is 29.6 Å². The fourth-order valence-corrected chi connectivity index (χ4v) is 2.59. The molecule has 1 unspecified atom stereocenters. The zero-order chi connectivity index (χ0) is 15.2. The molecule has 0 aliphatic rings. The van der Waals surface area contributed by atoms with Gasteiger partial charge >= 0.3 is 0 Å². The molecule has 1 aromatic carbocycles. The lowest BCUT2D eigenvalue weighted by Crippen LogP contribution is -2.25. The van der Waals surface area contributed by atoms with Crippen LogP contribution in [0.5, 0.6) is 0 Å². The van der Waals surface area contributed by atoms with Gasteiger partial charge in [-0.2, -0.15) is 0 Å². The molecule has 2 nitrogen and oxygen atoms in total. The van der Waals surface area contributed by atoms with Gasteiger partial charge in [-0.1, -0.05) is 25.1 Å². The van der Waals surface area contributed by atoms with Gasteiger partial charge in [-0.3, -0.25) is 4.98 Å². The maximum atomic E-state index is 4.56. The minimum Gasteiger partial charge on any atom is -0.308 e. The molecule has 0 amide bonds. The molecule has 0 saturated carbocycles. The third-order valence-electron chi connectivity index (χ3n) is 3.76. The molecule has 3 heteroatoms. The molecule has 0 saturated heterocycles. The first kappa shape index (κ1) is 16.2. The molecule has 0 bridgehead atoms. The van der Waals surface area contributed by atoms with E-state index in [2.05, 4.69) is 77.3 Å². The molecule has 1 N–H and O–H groups in total. The third kappa shape index (κ3) is 4.65. The Morgan fingerprint density at radius 3 is 2.57 bits per heavy atom. The van der Waals surface area contributed by atoms with Crippen molar-refractivity contribution in [3.05, 3.63) is 63.4 Å². The van der Waals surface area contributed by atoms with Crippen molar-refractivity contribution in [3.8, 4) is 0 Å². The first-order chi connectivity index (χ1) is 10.1. The highest BCUT2D eigenvalue weighted by Gasteiger charge is 2.13. The van der Waals surface area contributed by atoms with Crippen LogP contribution in [-0.4, -0.2) is 11.5 Å². The third-order valence-corrected chi connectivity index (χ3v) is 4.23. The summed E-state index contributed by atoms with van der Waals surface area (Å²) in [5.41, 5.74) is 5.16. The molecule has 2 aromatic rings. The van der Waals surface area contributed by atoms with Crippen molar-refractivity contribution in [2.45, 2.75) is 39.7 Å². The topological polar surface area (TPSA) is 24.9 Å². The second kappa shape index (κ2) is 7.71. The van der Waals surface area contributed by atoms with Crippen LogP contribution in [-0.2, 0) is 6.42 Å². The molecule has 21 heavy (non-hydrogen) atoms. The monoisotopic (exact) mass is 346 g/mol. The van der Waals surface area contributed by atoms with E-state index < -0.39 is 0 Å². The van der Waals surface area contributed by atoms with Crippen molar-refractivity contribution in [3.63, 3.8) is 0 Å². The number of halogens is 1. The van der Waals surface area contributed by atoms with E-state index in [1.807, 2.05) is 6.20 Å². The zero-order valence-electron chi connectivity index (χ0n) is 13.0. The van der Waals surface area contributed by atoms with Gasteiger partial charge in [-0.15, -0.1) is 0 Å². The first-order valence-corrected chi connectivity index (χ1v) is 8.30. The molecular weight excluding hydrogens is 324 g/mol. The van der Waals surface area contributed by atoms with Crippen LogP contribution in [0.4, 0.5) is 0 Å². The molecule has 0 aliphatic carbocycles. The summed E-state index contributed by atoms with van der Waals surface area (Å²) in [5, 5.41) is 3.61. The summed E-state index contributed by atoms with van der Waals surface area (Å²) in [6.45, 7) is 7.52. The van der Waals surface area contributed by atoms with Gasteiger partial charge in [-0.05, 0) is 78.0 Å². The van der Waals surface area contributed by atoms with Crippen LogP contribution < -0.4 is 5.32 Å². The van der Waals surface area contributed by atoms with E-state index >= 15 is 0 Å². The highest BCUT2D eigenvalue weighted by atomic mass is 79.9. The van der Waals surface area contributed by atoms with E-state index in [-0.39, 0.29) is 6.04 Å². The van der Waals surface area contributed by atoms with Crippen molar-refractivity contribution in [2.24, 2.45) is 0 Å². The number of hydrogen-bond donors (Lipinski definition) is 1. The smallest absolute Gasteiger partial charge is 0.0577 e. The number of nitrogens with zero attached hydrogens (tertiary/aromatic N) is 1. The Morgan fingerprint density at radius 2 is 1.95 bits per heavy atom. The van der Waals surface area contributed by atoms with Crippen molar-refractivity contribution in [2.75, 3.05) is 6.54 Å². The summed E-state index contributed by atoms with van der Waals surface area (Å²) >= 11 is 3.45. The van der Waals surface area contributed by atoms with Crippen LogP contribution in [0.1, 0.15) is 41.8 Å². The van der Waals surface area contributed by atoms with Crippen molar-refractivity contribution < 1.29 is 0 Å². The molecule has 1 heterocycles. The summed E-state index contributed by atoms with van der Waals surface area (Å²) in [7, 11) is 0. The highest BCUT2D eigenvalue weighted by Crippen LogP contribution is 2.20. The van der Waals surface area contributed by atoms with E-state index in [1.54, 1.807) is 0 Å². The van der Waals surface area contributed by atoms with Crippen molar-refractivity contribution in [1.82, 2.24) is 10.3 Å². The van der Waals surface area contributed by atoms with Gasteiger partial charge in [-0.25, -0.2) is 0 Å². The van der Waals surface area contributed by atoms with E-state index in [1.165, 1.54) is 16.7 Å².